The van der Waals surface area contributed by atoms with Gasteiger partial charge in [-0.3, -0.25) is 4.55 Å². The second-order valence-electron chi connectivity index (χ2n) is 3.05. The van der Waals surface area contributed by atoms with Crippen LogP contribution in [-0.2, 0) is 16.7 Å². The minimum absolute atomic E-state index is 0.218. The lowest BCUT2D eigenvalue weighted by molar-refractivity contribution is -0.697. The van der Waals surface area contributed by atoms with Crippen molar-refractivity contribution in [1.82, 2.24) is 0 Å². The van der Waals surface area contributed by atoms with Crippen molar-refractivity contribution in [2.75, 3.05) is 5.75 Å². The fourth-order valence-corrected chi connectivity index (χ4v) is 2.94. The molecule has 1 aromatic heterocycles. The summed E-state index contributed by atoms with van der Waals surface area (Å²) < 4.78 is 33.2. The van der Waals surface area contributed by atoms with Gasteiger partial charge in [0, 0.05) is 6.42 Å². The van der Waals surface area contributed by atoms with Gasteiger partial charge in [0.05, 0.1) is 14.7 Å². The Hall–Kier alpha value is 0.0200. The van der Waals surface area contributed by atoms with Gasteiger partial charge in [0.25, 0.3) is 10.1 Å². The first-order valence-electron chi connectivity index (χ1n) is 4.17. The number of hydrogen-bond donors (Lipinski definition) is 1. The van der Waals surface area contributed by atoms with Crippen molar-refractivity contribution in [2.45, 2.75) is 13.0 Å². The summed E-state index contributed by atoms with van der Waals surface area (Å²) in [6, 6.07) is 1.89. The quantitative estimate of drug-likeness (QED) is 0.658. The fourth-order valence-electron chi connectivity index (χ4n) is 1.12. The van der Waals surface area contributed by atoms with Gasteiger partial charge in [-0.05, 0) is 37.9 Å². The van der Waals surface area contributed by atoms with Crippen molar-refractivity contribution in [3.63, 3.8) is 0 Å². The zero-order chi connectivity index (χ0) is 11.5. The van der Waals surface area contributed by atoms with E-state index in [9.17, 15) is 8.42 Å². The molecule has 4 nitrogen and oxygen atoms in total. The van der Waals surface area contributed by atoms with Crippen LogP contribution in [0.15, 0.2) is 27.4 Å². The normalized spacial score (nSPS) is 11.7. The number of aromatic nitrogens is 1. The number of rotatable bonds is 4. The maximum atomic E-state index is 10.5. The third-order valence-corrected chi connectivity index (χ3v) is 3.34. The van der Waals surface area contributed by atoms with E-state index in [0.29, 0.717) is 13.0 Å². The Morgan fingerprint density at radius 3 is 2.27 bits per heavy atom. The van der Waals surface area contributed by atoms with Crippen molar-refractivity contribution in [1.29, 1.82) is 0 Å². The molecule has 0 fully saturated rings. The summed E-state index contributed by atoms with van der Waals surface area (Å²) in [5.74, 6) is -0.218. The van der Waals surface area contributed by atoms with Crippen molar-refractivity contribution in [3.05, 3.63) is 27.4 Å². The van der Waals surface area contributed by atoms with Crippen LogP contribution in [0, 0.1) is 0 Å². The molecule has 84 valence electrons. The summed E-state index contributed by atoms with van der Waals surface area (Å²) >= 11 is 6.65. The van der Waals surface area contributed by atoms with Crippen LogP contribution >= 0.6 is 31.9 Å². The molecule has 0 atom stereocenters. The minimum Gasteiger partial charge on any atom is -0.286 e. The van der Waals surface area contributed by atoms with E-state index in [1.165, 1.54) is 0 Å². The average molecular weight is 360 g/mol. The van der Waals surface area contributed by atoms with Gasteiger partial charge in [-0.2, -0.15) is 8.42 Å². The Morgan fingerprint density at radius 1 is 1.27 bits per heavy atom. The van der Waals surface area contributed by atoms with Crippen LogP contribution in [0.25, 0.3) is 0 Å². The van der Waals surface area contributed by atoms with E-state index < -0.39 is 10.1 Å². The zero-order valence-electron chi connectivity index (χ0n) is 7.73. The van der Waals surface area contributed by atoms with Crippen LogP contribution in [0.2, 0.25) is 0 Å². The van der Waals surface area contributed by atoms with E-state index in [1.54, 1.807) is 0 Å². The van der Waals surface area contributed by atoms with Gasteiger partial charge in [0.2, 0.25) is 0 Å². The molecule has 0 aliphatic heterocycles. The Morgan fingerprint density at radius 2 is 1.80 bits per heavy atom. The highest BCUT2D eigenvalue weighted by atomic mass is 79.9. The van der Waals surface area contributed by atoms with Crippen molar-refractivity contribution < 1.29 is 17.5 Å². The lowest BCUT2D eigenvalue weighted by atomic mass is 10.4. The van der Waals surface area contributed by atoms with E-state index in [0.717, 1.165) is 8.95 Å². The molecule has 15 heavy (non-hydrogen) atoms. The molecule has 0 aliphatic rings. The van der Waals surface area contributed by atoms with Crippen LogP contribution in [0.5, 0.6) is 0 Å². The largest absolute Gasteiger partial charge is 0.286 e. The predicted molar refractivity (Wildman–Crippen MR) is 63.1 cm³/mol. The summed E-state index contributed by atoms with van der Waals surface area (Å²) in [6.45, 7) is 0.540. The molecule has 0 radical (unpaired) electrons. The molecule has 0 saturated heterocycles. The number of hydrogen-bond acceptors (Lipinski definition) is 2. The monoisotopic (exact) mass is 358 g/mol. The molecule has 0 aromatic carbocycles. The summed E-state index contributed by atoms with van der Waals surface area (Å²) in [7, 11) is -3.85. The van der Waals surface area contributed by atoms with Crippen LogP contribution in [0.4, 0.5) is 0 Å². The predicted octanol–water partition coefficient (Wildman–Crippen LogP) is 1.78. The van der Waals surface area contributed by atoms with Gasteiger partial charge in [0.1, 0.15) is 6.54 Å². The maximum absolute atomic E-state index is 10.5. The van der Waals surface area contributed by atoms with E-state index in [1.807, 2.05) is 23.0 Å². The third kappa shape index (κ3) is 5.60. The van der Waals surface area contributed by atoms with E-state index in [4.69, 9.17) is 4.55 Å². The highest BCUT2D eigenvalue weighted by molar-refractivity contribution is 9.11. The standard InChI is InChI=1S/C8H9Br2NO3S/c9-7-4-8(10)6-11(5-7)2-1-3-15(12,13)14/h4-6H,1-3H2/p+1. The molecule has 1 N–H and O–H groups in total. The molecule has 0 bridgehead atoms. The van der Waals surface area contributed by atoms with Gasteiger partial charge in [0.15, 0.2) is 12.4 Å². The van der Waals surface area contributed by atoms with Crippen LogP contribution < -0.4 is 4.57 Å². The molecule has 0 aliphatic carbocycles. The Bertz CT molecular complexity index is 427. The summed E-state index contributed by atoms with van der Waals surface area (Å²) in [5, 5.41) is 0. The molecule has 0 unspecified atom stereocenters. The topological polar surface area (TPSA) is 58.3 Å². The number of nitrogens with zero attached hydrogens (tertiary/aromatic N) is 1. The molecule has 1 rings (SSSR count). The maximum Gasteiger partial charge on any atom is 0.265 e. The Kier molecular flexibility index (Phi) is 4.69. The molecule has 1 heterocycles. The van der Waals surface area contributed by atoms with Gasteiger partial charge >= 0.3 is 0 Å². The van der Waals surface area contributed by atoms with Crippen molar-refractivity contribution >= 4 is 42.0 Å². The minimum atomic E-state index is -3.85. The van der Waals surface area contributed by atoms with Gasteiger partial charge < -0.3 is 0 Å². The van der Waals surface area contributed by atoms with Gasteiger partial charge in [-0.25, -0.2) is 4.57 Å². The zero-order valence-corrected chi connectivity index (χ0v) is 11.7. The lowest BCUT2D eigenvalue weighted by Crippen LogP contribution is -2.34. The average Bonchev–Trinajstić information content (AvgIpc) is 1.99. The van der Waals surface area contributed by atoms with Crippen molar-refractivity contribution in [3.8, 4) is 0 Å². The van der Waals surface area contributed by atoms with E-state index in [-0.39, 0.29) is 5.75 Å². The first-order chi connectivity index (χ1) is 6.87. The number of pyridine rings is 1. The SMILES string of the molecule is O=S(=O)(O)CCC[n+]1cc(Br)cc(Br)c1. The molecule has 0 amide bonds. The van der Waals surface area contributed by atoms with Crippen LogP contribution in [0.3, 0.4) is 0 Å². The van der Waals surface area contributed by atoms with Gasteiger partial charge in [-0.15, -0.1) is 0 Å². The van der Waals surface area contributed by atoms with Crippen LogP contribution in [-0.4, -0.2) is 18.7 Å². The molecule has 0 saturated carbocycles. The number of aryl methyl sites for hydroxylation is 1. The highest BCUT2D eigenvalue weighted by Gasteiger charge is 2.08. The summed E-state index contributed by atoms with van der Waals surface area (Å²) in [5.41, 5.74) is 0. The van der Waals surface area contributed by atoms with E-state index >= 15 is 0 Å². The second-order valence-corrected chi connectivity index (χ2v) is 6.45. The third-order valence-electron chi connectivity index (χ3n) is 1.67. The van der Waals surface area contributed by atoms with Gasteiger partial charge in [-0.1, -0.05) is 0 Å². The molecule has 0 spiro atoms. The fraction of sp³-hybridized carbons (Fsp3) is 0.375. The highest BCUT2D eigenvalue weighted by Crippen LogP contribution is 2.13. The smallest absolute Gasteiger partial charge is 0.265 e. The first kappa shape index (κ1) is 13.1. The molecular weight excluding hydrogens is 350 g/mol. The Balaban J connectivity index is 2.58. The first-order valence-corrected chi connectivity index (χ1v) is 7.37. The van der Waals surface area contributed by atoms with Crippen molar-refractivity contribution in [2.24, 2.45) is 0 Å². The van der Waals surface area contributed by atoms with E-state index in [2.05, 4.69) is 31.9 Å². The summed E-state index contributed by atoms with van der Waals surface area (Å²) in [4.78, 5) is 0. The van der Waals surface area contributed by atoms with Crippen LogP contribution in [0.1, 0.15) is 6.42 Å². The number of halogens is 2. The second kappa shape index (κ2) is 5.38. The molecular formula is C8H10Br2NO3S+. The Labute approximate surface area is 105 Å². The lowest BCUT2D eigenvalue weighted by Gasteiger charge is -1.98. The summed E-state index contributed by atoms with van der Waals surface area (Å²) in [6.07, 6.45) is 4.07. The molecule has 1 aromatic rings. The molecule has 7 heteroatoms.